The molecule has 0 saturated heterocycles. The van der Waals surface area contributed by atoms with E-state index in [1.165, 1.54) is 6.07 Å². The smallest absolute Gasteiger partial charge is 0.475 e. The lowest BCUT2D eigenvalue weighted by molar-refractivity contribution is -0.192. The average Bonchev–Trinajstić information content (AvgIpc) is 2.86. The number of furan rings is 1. The molecular weight excluding hydrogens is 315 g/mol. The van der Waals surface area contributed by atoms with Crippen LogP contribution in [0.3, 0.4) is 0 Å². The lowest BCUT2D eigenvalue weighted by Gasteiger charge is -2.17. The minimum Gasteiger partial charge on any atom is -0.475 e. The molecule has 128 valence electrons. The van der Waals surface area contributed by atoms with Crippen molar-refractivity contribution in [2.24, 2.45) is 5.73 Å². The first-order valence-electron chi connectivity index (χ1n) is 6.21. The van der Waals surface area contributed by atoms with Gasteiger partial charge in [0.2, 0.25) is 0 Å². The molecule has 0 fully saturated rings. The van der Waals surface area contributed by atoms with E-state index >= 15 is 0 Å². The summed E-state index contributed by atoms with van der Waals surface area (Å²) >= 11 is 0. The Morgan fingerprint density at radius 2 is 1.95 bits per heavy atom. The molecule has 1 aromatic heterocycles. The Morgan fingerprint density at radius 1 is 1.41 bits per heavy atom. The Bertz CT molecular complexity index is 448. The predicted octanol–water partition coefficient (Wildman–Crippen LogP) is 2.63. The molecule has 0 radical (unpaired) electrons. The van der Waals surface area contributed by atoms with Gasteiger partial charge in [-0.15, -0.1) is 0 Å². The van der Waals surface area contributed by atoms with Gasteiger partial charge in [-0.1, -0.05) is 6.92 Å². The largest absolute Gasteiger partial charge is 0.490 e. The highest BCUT2D eigenvalue weighted by Crippen LogP contribution is 2.21. The van der Waals surface area contributed by atoms with Crippen LogP contribution < -0.4 is 5.73 Å². The van der Waals surface area contributed by atoms with Gasteiger partial charge >= 0.3 is 12.1 Å². The zero-order valence-corrected chi connectivity index (χ0v) is 11.7. The first-order chi connectivity index (χ1) is 10.1. The molecule has 1 aromatic rings. The Kier molecular flexibility index (Phi) is 8.65. The summed E-state index contributed by atoms with van der Waals surface area (Å²) in [5.74, 6) is -2.47. The Hall–Kier alpha value is -1.68. The third-order valence-corrected chi connectivity index (χ3v) is 2.41. The molecule has 3 N–H and O–H groups in total. The molecule has 0 aliphatic heterocycles. The maximum absolute atomic E-state index is 12.2. The number of likely N-dealkylation sites (N-methyl/N-ethyl adjacent to an activating group) is 1. The Morgan fingerprint density at radius 3 is 2.27 bits per heavy atom. The lowest BCUT2D eigenvalue weighted by atomic mass is 10.4. The van der Waals surface area contributed by atoms with Gasteiger partial charge in [-0.05, 0) is 18.7 Å². The summed E-state index contributed by atoms with van der Waals surface area (Å²) in [5.41, 5.74) is 5.42. The van der Waals surface area contributed by atoms with E-state index in [1.54, 1.807) is 6.07 Å². The molecule has 1 rings (SSSR count). The molecule has 0 atom stereocenters. The van der Waals surface area contributed by atoms with Gasteiger partial charge < -0.3 is 15.3 Å². The maximum atomic E-state index is 12.2. The van der Waals surface area contributed by atoms with Gasteiger partial charge in [-0.3, -0.25) is 4.90 Å². The van der Waals surface area contributed by atoms with Crippen LogP contribution in [-0.2, 0) is 11.3 Å². The fourth-order valence-corrected chi connectivity index (χ4v) is 1.35. The lowest BCUT2D eigenvalue weighted by Crippen LogP contribution is -2.28. The molecule has 0 amide bonds. The minimum atomic E-state index is -5.08. The van der Waals surface area contributed by atoms with Crippen LogP contribution in [0.15, 0.2) is 16.5 Å². The molecule has 0 spiro atoms. The second kappa shape index (κ2) is 9.36. The zero-order chi connectivity index (χ0) is 17.3. The van der Waals surface area contributed by atoms with Crippen LogP contribution in [0.2, 0.25) is 0 Å². The van der Waals surface area contributed by atoms with Gasteiger partial charge in [-0.25, -0.2) is 13.6 Å². The first-order valence-corrected chi connectivity index (χ1v) is 6.21. The van der Waals surface area contributed by atoms with Gasteiger partial charge in [0, 0.05) is 13.1 Å². The molecule has 0 saturated carbocycles. The fourth-order valence-electron chi connectivity index (χ4n) is 1.35. The van der Waals surface area contributed by atoms with Gasteiger partial charge in [-0.2, -0.15) is 13.2 Å². The topological polar surface area (TPSA) is 79.7 Å². The zero-order valence-electron chi connectivity index (χ0n) is 11.7. The molecule has 0 aliphatic carbocycles. The van der Waals surface area contributed by atoms with Crippen LogP contribution in [0.5, 0.6) is 0 Å². The molecule has 0 aliphatic rings. The van der Waals surface area contributed by atoms with Crippen molar-refractivity contribution in [3.63, 3.8) is 0 Å². The van der Waals surface area contributed by atoms with E-state index in [1.807, 2.05) is 11.8 Å². The van der Waals surface area contributed by atoms with Gasteiger partial charge in [0.1, 0.15) is 5.76 Å². The molecule has 0 aromatic carbocycles. The maximum Gasteiger partial charge on any atom is 0.490 e. The number of carboxylic acids is 1. The Balaban J connectivity index is 0.000000534. The molecule has 22 heavy (non-hydrogen) atoms. The van der Waals surface area contributed by atoms with Gasteiger partial charge in [0.15, 0.2) is 5.76 Å². The van der Waals surface area contributed by atoms with Crippen molar-refractivity contribution in [2.75, 3.05) is 19.6 Å². The standard InChI is InChI=1S/C10H16F2N2O.C2HF3O2/c1-2-14(6-5-13)7-8-3-4-9(15-8)10(11)12;3-2(4,5)1(6)7/h3-4,10H,2,5-7,13H2,1H3;(H,6,7). The quantitative estimate of drug-likeness (QED) is 0.783. The Labute approximate surface area is 123 Å². The summed E-state index contributed by atoms with van der Waals surface area (Å²) < 4.78 is 61.2. The van der Waals surface area contributed by atoms with Crippen molar-refractivity contribution in [3.8, 4) is 0 Å². The summed E-state index contributed by atoms with van der Waals surface area (Å²) in [6.07, 6.45) is -7.62. The van der Waals surface area contributed by atoms with E-state index in [-0.39, 0.29) is 5.76 Å². The van der Waals surface area contributed by atoms with Crippen LogP contribution in [0, 0.1) is 0 Å². The first kappa shape index (κ1) is 20.3. The second-order valence-corrected chi connectivity index (χ2v) is 4.07. The molecule has 0 bridgehead atoms. The van der Waals surface area contributed by atoms with Crippen molar-refractivity contribution in [3.05, 3.63) is 23.7 Å². The van der Waals surface area contributed by atoms with Crippen molar-refractivity contribution in [1.82, 2.24) is 4.90 Å². The summed E-state index contributed by atoms with van der Waals surface area (Å²) in [6, 6.07) is 2.90. The summed E-state index contributed by atoms with van der Waals surface area (Å²) in [4.78, 5) is 10.9. The molecule has 5 nitrogen and oxygen atoms in total. The summed E-state index contributed by atoms with van der Waals surface area (Å²) in [5, 5.41) is 7.12. The molecule has 0 unspecified atom stereocenters. The highest BCUT2D eigenvalue weighted by Gasteiger charge is 2.38. The van der Waals surface area contributed by atoms with Gasteiger partial charge in [0.05, 0.1) is 6.54 Å². The summed E-state index contributed by atoms with van der Waals surface area (Å²) in [7, 11) is 0. The van der Waals surface area contributed by atoms with Gasteiger partial charge in [0.25, 0.3) is 6.43 Å². The number of carbonyl (C=O) groups is 1. The van der Waals surface area contributed by atoms with E-state index in [4.69, 9.17) is 20.1 Å². The SMILES string of the molecule is CCN(CCN)Cc1ccc(C(F)F)o1.O=C(O)C(F)(F)F. The van der Waals surface area contributed by atoms with Crippen LogP contribution >= 0.6 is 0 Å². The predicted molar refractivity (Wildman–Crippen MR) is 67.4 cm³/mol. The average molecular weight is 332 g/mol. The van der Waals surface area contributed by atoms with E-state index < -0.39 is 18.6 Å². The van der Waals surface area contributed by atoms with Crippen molar-refractivity contribution >= 4 is 5.97 Å². The number of hydrogen-bond acceptors (Lipinski definition) is 4. The van der Waals surface area contributed by atoms with Crippen LogP contribution in [0.25, 0.3) is 0 Å². The molecular formula is C12H17F5N2O3. The van der Waals surface area contributed by atoms with Crippen LogP contribution in [0.1, 0.15) is 24.9 Å². The minimum absolute atomic E-state index is 0.270. The number of nitrogens with zero attached hydrogens (tertiary/aromatic N) is 1. The number of rotatable bonds is 6. The van der Waals surface area contributed by atoms with Crippen molar-refractivity contribution in [2.45, 2.75) is 26.1 Å². The normalized spacial score (nSPS) is 11.5. The number of halogens is 5. The highest BCUT2D eigenvalue weighted by atomic mass is 19.4. The number of carboxylic acid groups (broad SMARTS) is 1. The van der Waals surface area contributed by atoms with Crippen LogP contribution in [0.4, 0.5) is 22.0 Å². The number of alkyl halides is 5. The van der Waals surface area contributed by atoms with E-state index in [9.17, 15) is 22.0 Å². The fraction of sp³-hybridized carbons (Fsp3) is 0.583. The number of hydrogen-bond donors (Lipinski definition) is 2. The summed E-state index contributed by atoms with van der Waals surface area (Å²) in [6.45, 7) is 4.63. The highest BCUT2D eigenvalue weighted by molar-refractivity contribution is 5.73. The molecule has 10 heteroatoms. The third-order valence-electron chi connectivity index (χ3n) is 2.41. The number of aliphatic carboxylic acids is 1. The van der Waals surface area contributed by atoms with E-state index in [2.05, 4.69) is 0 Å². The van der Waals surface area contributed by atoms with Crippen LogP contribution in [-0.4, -0.2) is 41.8 Å². The third kappa shape index (κ3) is 7.93. The number of nitrogens with two attached hydrogens (primary N) is 1. The molecule has 1 heterocycles. The second-order valence-electron chi connectivity index (χ2n) is 4.07. The van der Waals surface area contributed by atoms with E-state index in [0.717, 1.165) is 13.1 Å². The van der Waals surface area contributed by atoms with E-state index in [0.29, 0.717) is 18.8 Å². The van der Waals surface area contributed by atoms with Crippen molar-refractivity contribution in [1.29, 1.82) is 0 Å². The monoisotopic (exact) mass is 332 g/mol. The van der Waals surface area contributed by atoms with Crippen molar-refractivity contribution < 1.29 is 36.3 Å².